The van der Waals surface area contributed by atoms with Crippen molar-refractivity contribution in [1.82, 2.24) is 15.5 Å². The van der Waals surface area contributed by atoms with Gasteiger partial charge in [-0.05, 0) is 57.0 Å². The number of aliphatic imine (C=N–C) groups is 1. The van der Waals surface area contributed by atoms with Gasteiger partial charge in [-0.1, -0.05) is 36.4 Å². The Morgan fingerprint density at radius 3 is 2.22 bits per heavy atom. The second kappa shape index (κ2) is 13.5. The lowest BCUT2D eigenvalue weighted by Gasteiger charge is -2.20. The summed E-state index contributed by atoms with van der Waals surface area (Å²) in [5, 5.41) is 6.86. The molecule has 0 spiro atoms. The molecule has 1 aliphatic rings. The van der Waals surface area contributed by atoms with Crippen LogP contribution in [0.25, 0.3) is 0 Å². The maximum atomic E-state index is 6.35. The molecule has 0 unspecified atom stereocenters. The van der Waals surface area contributed by atoms with Crippen LogP contribution in [0.3, 0.4) is 0 Å². The van der Waals surface area contributed by atoms with E-state index in [-0.39, 0.29) is 30.1 Å². The number of guanidine groups is 1. The molecule has 2 aromatic carbocycles. The highest BCUT2D eigenvalue weighted by atomic mass is 127. The van der Waals surface area contributed by atoms with Gasteiger partial charge in [0.05, 0.1) is 13.2 Å². The summed E-state index contributed by atoms with van der Waals surface area (Å²) in [6.07, 6.45) is 4.97. The van der Waals surface area contributed by atoms with Crippen molar-refractivity contribution in [2.45, 2.75) is 51.4 Å². The van der Waals surface area contributed by atoms with Crippen LogP contribution in [0.15, 0.2) is 47.5 Å². The van der Waals surface area contributed by atoms with E-state index >= 15 is 0 Å². The minimum absolute atomic E-state index is 0. The molecule has 2 N–H and O–H groups in total. The van der Waals surface area contributed by atoms with Crippen molar-refractivity contribution < 1.29 is 9.47 Å². The van der Waals surface area contributed by atoms with Gasteiger partial charge in [-0.2, -0.15) is 0 Å². The molecule has 0 radical (unpaired) electrons. The average molecular weight is 553 g/mol. The molecule has 0 bridgehead atoms. The topological polar surface area (TPSA) is 58.1 Å². The van der Waals surface area contributed by atoms with Crippen LogP contribution in [-0.2, 0) is 19.6 Å². The maximum Gasteiger partial charge on any atom is 0.191 e. The molecule has 7 heteroatoms. The third-order valence-electron chi connectivity index (χ3n) is 5.59. The quantitative estimate of drug-likeness (QED) is 0.272. The highest BCUT2D eigenvalue weighted by Crippen LogP contribution is 2.34. The molecule has 3 rings (SSSR count). The summed E-state index contributed by atoms with van der Waals surface area (Å²) in [5.74, 6) is 2.39. The second-order valence-corrected chi connectivity index (χ2v) is 8.26. The molecule has 0 amide bonds. The van der Waals surface area contributed by atoms with Crippen LogP contribution in [0.2, 0.25) is 0 Å². The first-order valence-corrected chi connectivity index (χ1v) is 11.1. The van der Waals surface area contributed by atoms with E-state index in [1.807, 2.05) is 12.1 Å². The number of rotatable bonds is 9. The Kier molecular flexibility index (Phi) is 11.1. The van der Waals surface area contributed by atoms with Crippen molar-refractivity contribution in [3.63, 3.8) is 0 Å². The Hall–Kier alpha value is -2.00. The molecule has 0 heterocycles. The van der Waals surface area contributed by atoms with E-state index in [2.05, 4.69) is 65.0 Å². The van der Waals surface area contributed by atoms with Crippen LogP contribution in [-0.4, -0.2) is 45.2 Å². The molecule has 176 valence electrons. The number of para-hydroxylation sites is 1. The maximum absolute atomic E-state index is 6.35. The van der Waals surface area contributed by atoms with Crippen LogP contribution < -0.4 is 20.1 Å². The molecule has 1 saturated carbocycles. The fourth-order valence-corrected chi connectivity index (χ4v) is 3.97. The van der Waals surface area contributed by atoms with E-state index in [0.717, 1.165) is 42.4 Å². The molecule has 0 saturated heterocycles. The van der Waals surface area contributed by atoms with Crippen molar-refractivity contribution in [3.05, 3.63) is 59.2 Å². The van der Waals surface area contributed by atoms with Gasteiger partial charge in [0.15, 0.2) is 17.5 Å². The molecule has 1 aliphatic carbocycles. The fraction of sp³-hybridized carbons (Fsp3) is 0.480. The predicted octanol–water partition coefficient (Wildman–Crippen LogP) is 4.56. The summed E-state index contributed by atoms with van der Waals surface area (Å²) < 4.78 is 11.9. The first-order chi connectivity index (χ1) is 15.1. The Morgan fingerprint density at radius 1 is 0.969 bits per heavy atom. The number of halogens is 1. The zero-order valence-electron chi connectivity index (χ0n) is 19.7. The van der Waals surface area contributed by atoms with E-state index in [4.69, 9.17) is 9.47 Å². The number of nitrogens with zero attached hydrogens (tertiary/aromatic N) is 2. The van der Waals surface area contributed by atoms with Gasteiger partial charge in [0.2, 0.25) is 0 Å². The number of ether oxygens (including phenoxy) is 2. The van der Waals surface area contributed by atoms with Gasteiger partial charge in [0, 0.05) is 32.2 Å². The van der Waals surface area contributed by atoms with Gasteiger partial charge < -0.3 is 25.0 Å². The van der Waals surface area contributed by atoms with Gasteiger partial charge in [0.25, 0.3) is 0 Å². The van der Waals surface area contributed by atoms with Crippen molar-refractivity contribution in [1.29, 1.82) is 0 Å². The number of benzene rings is 2. The summed E-state index contributed by atoms with van der Waals surface area (Å²) in [6, 6.07) is 14.6. The van der Waals surface area contributed by atoms with Crippen LogP contribution >= 0.6 is 24.0 Å². The molecular formula is C25H37IN4O2. The van der Waals surface area contributed by atoms with E-state index < -0.39 is 0 Å². The van der Waals surface area contributed by atoms with E-state index in [1.54, 1.807) is 14.2 Å². The second-order valence-electron chi connectivity index (χ2n) is 8.26. The number of nitrogens with one attached hydrogen (secondary N) is 2. The van der Waals surface area contributed by atoms with Crippen molar-refractivity contribution >= 4 is 29.9 Å². The Morgan fingerprint density at radius 2 is 1.59 bits per heavy atom. The summed E-state index contributed by atoms with van der Waals surface area (Å²) in [5.41, 5.74) is 3.66. The molecule has 2 aromatic rings. The molecule has 6 nitrogen and oxygen atoms in total. The zero-order chi connectivity index (χ0) is 22.1. The Bertz CT molecular complexity index is 867. The first-order valence-electron chi connectivity index (χ1n) is 11.1. The van der Waals surface area contributed by atoms with Gasteiger partial charge in [-0.15, -0.1) is 24.0 Å². The molecular weight excluding hydrogens is 515 g/mol. The third-order valence-corrected chi connectivity index (χ3v) is 5.59. The summed E-state index contributed by atoms with van der Waals surface area (Å²) in [4.78, 5) is 6.58. The fourth-order valence-electron chi connectivity index (χ4n) is 3.97. The average Bonchev–Trinajstić information content (AvgIpc) is 3.28. The zero-order valence-corrected chi connectivity index (χ0v) is 22.0. The number of hydrogen-bond donors (Lipinski definition) is 2. The standard InChI is InChI=1S/C25H36N4O2.HI/c1-26-25(27-16-19-10-5-6-11-21(19)18-29(2)3)28-17-20-12-9-15-23(30-4)24(20)31-22-13-7-8-14-22;/h5-6,9-12,15,22H,7-8,13-14,16-18H2,1-4H3,(H2,26,27,28);1H. The smallest absolute Gasteiger partial charge is 0.191 e. The Labute approximate surface area is 209 Å². The van der Waals surface area contributed by atoms with E-state index in [0.29, 0.717) is 13.1 Å². The van der Waals surface area contributed by atoms with Crippen molar-refractivity contribution in [3.8, 4) is 11.5 Å². The van der Waals surface area contributed by atoms with Crippen LogP contribution in [0.5, 0.6) is 11.5 Å². The lowest BCUT2D eigenvalue weighted by atomic mass is 10.1. The van der Waals surface area contributed by atoms with Crippen LogP contribution in [0, 0.1) is 0 Å². The van der Waals surface area contributed by atoms with Gasteiger partial charge in [0.1, 0.15) is 0 Å². The highest BCUT2D eigenvalue weighted by Gasteiger charge is 2.20. The third kappa shape index (κ3) is 7.55. The lowest BCUT2D eigenvalue weighted by molar-refractivity contribution is 0.198. The highest BCUT2D eigenvalue weighted by molar-refractivity contribution is 14.0. The Balaban J connectivity index is 0.00000363. The molecule has 0 atom stereocenters. The summed E-state index contributed by atoms with van der Waals surface area (Å²) >= 11 is 0. The van der Waals surface area contributed by atoms with E-state index in [9.17, 15) is 0 Å². The minimum atomic E-state index is 0. The van der Waals surface area contributed by atoms with Crippen molar-refractivity contribution in [2.75, 3.05) is 28.3 Å². The van der Waals surface area contributed by atoms with E-state index in [1.165, 1.54) is 24.0 Å². The largest absolute Gasteiger partial charge is 0.493 e. The lowest BCUT2D eigenvalue weighted by Crippen LogP contribution is -2.36. The van der Waals surface area contributed by atoms with Gasteiger partial charge in [-0.25, -0.2) is 0 Å². The normalized spacial score (nSPS) is 14.2. The molecule has 0 aromatic heterocycles. The molecule has 32 heavy (non-hydrogen) atoms. The minimum Gasteiger partial charge on any atom is -0.493 e. The predicted molar refractivity (Wildman–Crippen MR) is 142 cm³/mol. The number of hydrogen-bond acceptors (Lipinski definition) is 4. The monoisotopic (exact) mass is 552 g/mol. The molecule has 0 aliphatic heterocycles. The van der Waals surface area contributed by atoms with Crippen molar-refractivity contribution in [2.24, 2.45) is 4.99 Å². The molecule has 1 fully saturated rings. The van der Waals surface area contributed by atoms with Crippen LogP contribution in [0.4, 0.5) is 0 Å². The number of methoxy groups -OCH3 is 1. The first kappa shape index (κ1) is 26.3. The SMILES string of the molecule is CN=C(NCc1ccccc1CN(C)C)NCc1cccc(OC)c1OC1CCCC1.I. The summed E-state index contributed by atoms with van der Waals surface area (Å²) in [7, 11) is 7.66. The van der Waals surface area contributed by atoms with Crippen LogP contribution in [0.1, 0.15) is 42.4 Å². The van der Waals surface area contributed by atoms with Gasteiger partial charge >= 0.3 is 0 Å². The van der Waals surface area contributed by atoms with Gasteiger partial charge in [-0.3, -0.25) is 4.99 Å². The summed E-state index contributed by atoms with van der Waals surface area (Å²) in [6.45, 7) is 2.24.